The number of carbonyl (C=O) groups excluding carboxylic acids is 1. The topological polar surface area (TPSA) is 69.1 Å². The van der Waals surface area contributed by atoms with Crippen molar-refractivity contribution in [1.29, 1.82) is 5.41 Å². The third kappa shape index (κ3) is 2.64. The van der Waals surface area contributed by atoms with E-state index < -0.39 is 5.54 Å². The zero-order valence-corrected chi connectivity index (χ0v) is 13.4. The van der Waals surface area contributed by atoms with Crippen LogP contribution < -0.4 is 5.32 Å². The number of pyridine rings is 1. The zero-order valence-electron chi connectivity index (χ0n) is 13.4. The molecule has 2 aromatic rings. The molecule has 0 bridgehead atoms. The number of nitrogens with zero attached hydrogens (tertiary/aromatic N) is 2. The first-order chi connectivity index (χ1) is 10.9. The Labute approximate surface area is 135 Å². The van der Waals surface area contributed by atoms with Gasteiger partial charge in [-0.15, -0.1) is 5.92 Å². The summed E-state index contributed by atoms with van der Waals surface area (Å²) in [5, 5.41) is 12.0. The second-order valence-corrected chi connectivity index (χ2v) is 5.94. The van der Waals surface area contributed by atoms with Crippen LogP contribution in [-0.4, -0.2) is 28.8 Å². The summed E-state index contributed by atoms with van der Waals surface area (Å²) in [6.45, 7) is 3.73. The fourth-order valence-electron chi connectivity index (χ4n) is 2.76. The quantitative estimate of drug-likeness (QED) is 0.794. The second-order valence-electron chi connectivity index (χ2n) is 5.94. The van der Waals surface area contributed by atoms with Crippen LogP contribution >= 0.6 is 0 Å². The van der Waals surface area contributed by atoms with Gasteiger partial charge in [0, 0.05) is 24.2 Å². The van der Waals surface area contributed by atoms with Crippen molar-refractivity contribution in [1.82, 2.24) is 15.2 Å². The fraction of sp³-hybridized carbons (Fsp3) is 0.278. The molecule has 0 saturated carbocycles. The molecule has 1 amide bonds. The molecule has 0 unspecified atom stereocenters. The van der Waals surface area contributed by atoms with Crippen LogP contribution in [0.1, 0.15) is 31.4 Å². The molecule has 5 nitrogen and oxygen atoms in total. The van der Waals surface area contributed by atoms with E-state index in [4.69, 9.17) is 5.41 Å². The first kappa shape index (κ1) is 15.0. The van der Waals surface area contributed by atoms with E-state index in [1.165, 1.54) is 4.90 Å². The van der Waals surface area contributed by atoms with Gasteiger partial charge in [0.1, 0.15) is 0 Å². The predicted octanol–water partition coefficient (Wildman–Crippen LogP) is 2.21. The molecule has 23 heavy (non-hydrogen) atoms. The molecule has 0 spiro atoms. The fourth-order valence-corrected chi connectivity index (χ4v) is 2.76. The number of amides is 1. The van der Waals surface area contributed by atoms with Crippen LogP contribution in [0.15, 0.2) is 30.5 Å². The van der Waals surface area contributed by atoms with E-state index in [2.05, 4.69) is 22.1 Å². The third-order valence-corrected chi connectivity index (χ3v) is 4.20. The predicted molar refractivity (Wildman–Crippen MR) is 89.9 cm³/mol. The van der Waals surface area contributed by atoms with E-state index in [0.717, 1.165) is 22.0 Å². The Kier molecular flexibility index (Phi) is 3.53. The molecule has 2 heterocycles. The Hall–Kier alpha value is -2.87. The van der Waals surface area contributed by atoms with Crippen molar-refractivity contribution in [3.05, 3.63) is 41.6 Å². The van der Waals surface area contributed by atoms with Crippen molar-refractivity contribution in [2.24, 2.45) is 0 Å². The first-order valence-electron chi connectivity index (χ1n) is 7.39. The minimum absolute atomic E-state index is 0.0815. The number of aromatic nitrogens is 1. The van der Waals surface area contributed by atoms with Gasteiger partial charge in [0.2, 0.25) is 5.91 Å². The molecular formula is C18H18N4O. The molecule has 2 N–H and O–H groups in total. The molecule has 116 valence electrons. The monoisotopic (exact) mass is 306 g/mol. The van der Waals surface area contributed by atoms with Gasteiger partial charge in [-0.1, -0.05) is 5.92 Å². The van der Waals surface area contributed by atoms with Crippen molar-refractivity contribution < 1.29 is 4.79 Å². The van der Waals surface area contributed by atoms with E-state index in [9.17, 15) is 4.79 Å². The zero-order chi connectivity index (χ0) is 16.6. The molecule has 0 radical (unpaired) electrons. The molecule has 5 heteroatoms. The van der Waals surface area contributed by atoms with Crippen LogP contribution in [0, 0.1) is 17.3 Å². The molecule has 1 saturated heterocycles. The Balaban J connectivity index is 2.06. The number of hydrogen-bond donors (Lipinski definition) is 2. The van der Waals surface area contributed by atoms with Gasteiger partial charge in [0.25, 0.3) is 0 Å². The summed E-state index contributed by atoms with van der Waals surface area (Å²) >= 11 is 0. The number of benzene rings is 1. The molecule has 0 aliphatic carbocycles. The Morgan fingerprint density at radius 3 is 2.87 bits per heavy atom. The van der Waals surface area contributed by atoms with Gasteiger partial charge in [0.05, 0.1) is 17.5 Å². The molecule has 1 aromatic carbocycles. The summed E-state index contributed by atoms with van der Waals surface area (Å²) in [4.78, 5) is 17.9. The van der Waals surface area contributed by atoms with E-state index in [1.54, 1.807) is 20.2 Å². The van der Waals surface area contributed by atoms with Gasteiger partial charge in [-0.05, 0) is 43.7 Å². The van der Waals surface area contributed by atoms with Crippen LogP contribution in [0.4, 0.5) is 0 Å². The molecule has 1 aliphatic rings. The van der Waals surface area contributed by atoms with Gasteiger partial charge < -0.3 is 5.32 Å². The van der Waals surface area contributed by atoms with Gasteiger partial charge >= 0.3 is 0 Å². The summed E-state index contributed by atoms with van der Waals surface area (Å²) in [6, 6.07) is 7.90. The molecular weight excluding hydrogens is 288 g/mol. The van der Waals surface area contributed by atoms with Gasteiger partial charge in [-0.2, -0.15) is 0 Å². The minimum atomic E-state index is -0.631. The standard InChI is InChI=1S/C18H18N4O/c1-4-5-12-6-7-15-13(8-12)9-14(11-20-15)18(2)10-16(23)22(3)17(19)21-18/h6-9,11H,10H2,1-3H3,(H2,19,21)/t18-/m0/s1. The lowest BCUT2D eigenvalue weighted by molar-refractivity contribution is -0.129. The Morgan fingerprint density at radius 2 is 2.17 bits per heavy atom. The van der Waals surface area contributed by atoms with E-state index in [-0.39, 0.29) is 18.3 Å². The van der Waals surface area contributed by atoms with Crippen LogP contribution in [-0.2, 0) is 10.3 Å². The summed E-state index contributed by atoms with van der Waals surface area (Å²) in [7, 11) is 1.60. The van der Waals surface area contributed by atoms with Crippen molar-refractivity contribution in [2.75, 3.05) is 7.05 Å². The molecule has 1 aromatic heterocycles. The highest BCUT2D eigenvalue weighted by Gasteiger charge is 2.38. The largest absolute Gasteiger partial charge is 0.346 e. The van der Waals surface area contributed by atoms with Gasteiger partial charge in [0.15, 0.2) is 5.96 Å². The van der Waals surface area contributed by atoms with Crippen LogP contribution in [0.25, 0.3) is 10.9 Å². The van der Waals surface area contributed by atoms with Crippen LogP contribution in [0.2, 0.25) is 0 Å². The first-order valence-corrected chi connectivity index (χ1v) is 7.39. The third-order valence-electron chi connectivity index (χ3n) is 4.20. The van der Waals surface area contributed by atoms with E-state index >= 15 is 0 Å². The highest BCUT2D eigenvalue weighted by Crippen LogP contribution is 2.30. The number of fused-ring (bicyclic) bond motifs is 1. The maximum Gasteiger partial charge on any atom is 0.231 e. The number of guanidine groups is 1. The van der Waals surface area contributed by atoms with E-state index in [0.29, 0.717) is 0 Å². The van der Waals surface area contributed by atoms with Gasteiger partial charge in [-0.25, -0.2) is 0 Å². The summed E-state index contributed by atoms with van der Waals surface area (Å²) in [6.07, 6.45) is 2.06. The molecule has 1 atom stereocenters. The maximum atomic E-state index is 12.1. The number of carbonyl (C=O) groups is 1. The summed E-state index contributed by atoms with van der Waals surface area (Å²) < 4.78 is 0. The van der Waals surface area contributed by atoms with Crippen molar-refractivity contribution >= 4 is 22.8 Å². The number of nitrogens with one attached hydrogen (secondary N) is 2. The van der Waals surface area contributed by atoms with E-state index in [1.807, 2.05) is 31.2 Å². The highest BCUT2D eigenvalue weighted by atomic mass is 16.2. The SMILES string of the molecule is CC#Cc1ccc2ncc([C@]3(C)CC(=O)N(C)C(=N)N3)cc2c1. The highest BCUT2D eigenvalue weighted by molar-refractivity contribution is 5.99. The molecule has 1 aliphatic heterocycles. The Bertz CT molecular complexity index is 857. The normalized spacial score (nSPS) is 20.9. The van der Waals surface area contributed by atoms with Crippen LogP contribution in [0.3, 0.4) is 0 Å². The lowest BCUT2D eigenvalue weighted by atomic mass is 9.87. The molecule has 1 fully saturated rings. The van der Waals surface area contributed by atoms with Crippen molar-refractivity contribution in [2.45, 2.75) is 25.8 Å². The summed E-state index contributed by atoms with van der Waals surface area (Å²) in [5.74, 6) is 5.95. The maximum absolute atomic E-state index is 12.1. The number of hydrogen-bond acceptors (Lipinski definition) is 3. The van der Waals surface area contributed by atoms with Gasteiger partial charge in [-0.3, -0.25) is 20.1 Å². The van der Waals surface area contributed by atoms with Crippen molar-refractivity contribution in [3.63, 3.8) is 0 Å². The minimum Gasteiger partial charge on any atom is -0.346 e. The Morgan fingerprint density at radius 1 is 1.39 bits per heavy atom. The smallest absolute Gasteiger partial charge is 0.231 e. The van der Waals surface area contributed by atoms with Crippen molar-refractivity contribution in [3.8, 4) is 11.8 Å². The second kappa shape index (κ2) is 5.40. The average Bonchev–Trinajstić information content (AvgIpc) is 2.52. The lowest BCUT2D eigenvalue weighted by Crippen LogP contribution is -2.58. The average molecular weight is 306 g/mol. The number of rotatable bonds is 1. The summed E-state index contributed by atoms with van der Waals surface area (Å²) in [5.41, 5.74) is 2.07. The lowest BCUT2D eigenvalue weighted by Gasteiger charge is -2.39. The molecule has 3 rings (SSSR count). The van der Waals surface area contributed by atoms with Crippen LogP contribution in [0.5, 0.6) is 0 Å².